The second kappa shape index (κ2) is 14.9. The molecule has 12 aromatic rings. The Kier molecular flexibility index (Phi) is 8.54. The Hall–Kier alpha value is -7.94. The topological polar surface area (TPSA) is 9.86 Å². The number of fused-ring (bicyclic) bond motifs is 20. The minimum absolute atomic E-state index is 0.193. The smallest absolute Gasteiger partial charge is 0.0619 e. The van der Waals surface area contributed by atoms with Gasteiger partial charge in [-0.05, 0) is 175 Å². The van der Waals surface area contributed by atoms with Gasteiger partial charge < -0.3 is 9.13 Å². The summed E-state index contributed by atoms with van der Waals surface area (Å²) in [7, 11) is 0. The van der Waals surface area contributed by atoms with Crippen LogP contribution in [0.1, 0.15) is 92.5 Å². The highest BCUT2D eigenvalue weighted by Crippen LogP contribution is 2.54. The van der Waals surface area contributed by atoms with Gasteiger partial charge in [0.2, 0.25) is 0 Å². The maximum Gasteiger partial charge on any atom is 0.0619 e. The summed E-state index contributed by atoms with van der Waals surface area (Å²) in [6.07, 6.45) is 9.42. The monoisotopic (exact) mass is 950 g/mol. The van der Waals surface area contributed by atoms with E-state index in [1.165, 1.54) is 155 Å². The van der Waals surface area contributed by atoms with Crippen molar-refractivity contribution >= 4 is 71.2 Å². The lowest BCUT2D eigenvalue weighted by Gasteiger charge is -2.24. The molecule has 0 fully saturated rings. The molecule has 2 nitrogen and oxygen atoms in total. The number of aryl methyl sites for hydroxylation is 1. The third kappa shape index (κ3) is 5.66. The summed E-state index contributed by atoms with van der Waals surface area (Å²) in [6, 6.07) is 66.1. The number of nitrogens with zero attached hydrogens (tertiary/aromatic N) is 2. The normalized spacial score (nSPS) is 17.8. The van der Waals surface area contributed by atoms with Gasteiger partial charge in [0.1, 0.15) is 0 Å². The molecule has 0 amide bonds. The zero-order valence-corrected chi connectivity index (χ0v) is 43.2. The Balaban J connectivity index is 0.788. The minimum Gasteiger partial charge on any atom is -0.309 e. The molecule has 10 aromatic carbocycles. The summed E-state index contributed by atoms with van der Waals surface area (Å²) in [5, 5.41) is 10.7. The lowest BCUT2D eigenvalue weighted by atomic mass is 9.80. The maximum absolute atomic E-state index is 2.60. The van der Waals surface area contributed by atoms with Crippen molar-refractivity contribution in [2.75, 3.05) is 0 Å². The molecule has 0 aliphatic heterocycles. The summed E-state index contributed by atoms with van der Waals surface area (Å²) in [5.74, 6) is 1.27. The third-order valence-corrected chi connectivity index (χ3v) is 18.7. The molecule has 2 heteroatoms. The van der Waals surface area contributed by atoms with E-state index in [0.29, 0.717) is 5.92 Å². The quantitative estimate of drug-likeness (QED) is 0.167. The predicted octanol–water partition coefficient (Wildman–Crippen LogP) is 18.8. The van der Waals surface area contributed by atoms with Gasteiger partial charge in [0.25, 0.3) is 0 Å². The van der Waals surface area contributed by atoms with E-state index in [1.54, 1.807) is 5.56 Å². The first-order valence-electron chi connectivity index (χ1n) is 27.2. The van der Waals surface area contributed by atoms with Crippen LogP contribution in [-0.2, 0) is 30.1 Å². The Morgan fingerprint density at radius 3 is 1.53 bits per heavy atom. The summed E-state index contributed by atoms with van der Waals surface area (Å²) in [4.78, 5) is 0. The third-order valence-electron chi connectivity index (χ3n) is 18.7. The first-order chi connectivity index (χ1) is 36.0. The van der Waals surface area contributed by atoms with Crippen LogP contribution in [0.2, 0.25) is 0 Å². The number of benzene rings is 10. The fourth-order valence-corrected chi connectivity index (χ4v) is 14.9. The van der Waals surface area contributed by atoms with Gasteiger partial charge >= 0.3 is 0 Å². The molecule has 2 atom stereocenters. The van der Waals surface area contributed by atoms with Gasteiger partial charge in [-0.3, -0.25) is 0 Å². The molecule has 0 radical (unpaired) electrons. The molecule has 0 N–H and O–H groups in total. The molecule has 74 heavy (non-hydrogen) atoms. The molecule has 2 unspecified atom stereocenters. The van der Waals surface area contributed by atoms with Gasteiger partial charge in [-0.2, -0.15) is 0 Å². The SMILES string of the molecule is CC1C=Cc2c(ccc3c2c2ccc4ccccc4c2n3-c2ccc3c(c2)C(C)(C)c2cc(-c4ccc5c(c4)C(C)(C)c4cc(-n6c7ccc8c(c7c7ccc9ccccc9c76)CCC(C)C8)ccc4-5)ccc2-3)C1. The second-order valence-electron chi connectivity index (χ2n) is 23.8. The van der Waals surface area contributed by atoms with Crippen molar-refractivity contribution < 1.29 is 0 Å². The first kappa shape index (κ1) is 42.6. The molecule has 2 heterocycles. The first-order valence-corrected chi connectivity index (χ1v) is 27.2. The molecule has 4 aliphatic rings. The van der Waals surface area contributed by atoms with Crippen molar-refractivity contribution in [2.24, 2.45) is 11.8 Å². The summed E-state index contributed by atoms with van der Waals surface area (Å²) in [6.45, 7) is 14.5. The van der Waals surface area contributed by atoms with Gasteiger partial charge in [0.05, 0.1) is 22.1 Å². The van der Waals surface area contributed by atoms with Crippen LogP contribution < -0.4 is 0 Å². The number of aromatic nitrogens is 2. The summed E-state index contributed by atoms with van der Waals surface area (Å²) in [5.41, 5.74) is 26.7. The van der Waals surface area contributed by atoms with Gasteiger partial charge in [-0.1, -0.05) is 175 Å². The lowest BCUT2D eigenvalue weighted by Crippen LogP contribution is -2.16. The van der Waals surface area contributed by atoms with Crippen LogP contribution in [0.15, 0.2) is 176 Å². The molecule has 4 aliphatic carbocycles. The van der Waals surface area contributed by atoms with Gasteiger partial charge in [-0.25, -0.2) is 0 Å². The van der Waals surface area contributed by atoms with E-state index in [-0.39, 0.29) is 10.8 Å². The Labute approximate surface area is 433 Å². The summed E-state index contributed by atoms with van der Waals surface area (Å²) < 4.78 is 5.16. The largest absolute Gasteiger partial charge is 0.309 e. The highest BCUT2D eigenvalue weighted by Gasteiger charge is 2.39. The number of allylic oxidation sites excluding steroid dienone is 1. The van der Waals surface area contributed by atoms with Crippen molar-refractivity contribution in [3.05, 3.63) is 220 Å². The van der Waals surface area contributed by atoms with Crippen molar-refractivity contribution in [1.29, 1.82) is 0 Å². The minimum atomic E-state index is -0.200. The van der Waals surface area contributed by atoms with Crippen LogP contribution in [0, 0.1) is 11.8 Å². The molecule has 0 saturated carbocycles. The van der Waals surface area contributed by atoms with Crippen molar-refractivity contribution in [2.45, 2.75) is 78.1 Å². The maximum atomic E-state index is 2.60. The highest BCUT2D eigenvalue weighted by atomic mass is 15.0. The van der Waals surface area contributed by atoms with Crippen LogP contribution >= 0.6 is 0 Å². The van der Waals surface area contributed by atoms with E-state index < -0.39 is 0 Å². The number of rotatable bonds is 3. The van der Waals surface area contributed by atoms with E-state index in [1.807, 2.05) is 0 Å². The molecule has 0 bridgehead atoms. The van der Waals surface area contributed by atoms with E-state index in [9.17, 15) is 0 Å². The fraction of sp³-hybridized carbons (Fsp3) is 0.194. The van der Waals surface area contributed by atoms with E-state index in [2.05, 4.69) is 233 Å². The van der Waals surface area contributed by atoms with Gasteiger partial charge in [0, 0.05) is 54.5 Å². The molecule has 0 spiro atoms. The second-order valence-corrected chi connectivity index (χ2v) is 23.8. The van der Waals surface area contributed by atoms with E-state index in [4.69, 9.17) is 0 Å². The average Bonchev–Trinajstić information content (AvgIpc) is 4.16. The van der Waals surface area contributed by atoms with E-state index in [0.717, 1.165) is 25.2 Å². The van der Waals surface area contributed by atoms with E-state index >= 15 is 0 Å². The average molecular weight is 951 g/mol. The van der Waals surface area contributed by atoms with Crippen LogP contribution in [-0.4, -0.2) is 9.13 Å². The lowest BCUT2D eigenvalue weighted by molar-refractivity contribution is 0.503. The Bertz CT molecular complexity index is 4520. The zero-order valence-electron chi connectivity index (χ0n) is 43.2. The molecular weight excluding hydrogens is 893 g/mol. The fourth-order valence-electron chi connectivity index (χ4n) is 14.9. The molecule has 2 aromatic heterocycles. The van der Waals surface area contributed by atoms with Crippen LogP contribution in [0.5, 0.6) is 0 Å². The Morgan fingerprint density at radius 2 is 0.946 bits per heavy atom. The van der Waals surface area contributed by atoms with Crippen molar-refractivity contribution in [3.8, 4) is 44.8 Å². The van der Waals surface area contributed by atoms with Crippen molar-refractivity contribution in [3.63, 3.8) is 0 Å². The Morgan fingerprint density at radius 1 is 0.446 bits per heavy atom. The highest BCUT2D eigenvalue weighted by molar-refractivity contribution is 6.22. The van der Waals surface area contributed by atoms with Crippen LogP contribution in [0.25, 0.3) is 116 Å². The van der Waals surface area contributed by atoms with Gasteiger partial charge in [-0.15, -0.1) is 0 Å². The summed E-state index contributed by atoms with van der Waals surface area (Å²) >= 11 is 0. The molecule has 356 valence electrons. The van der Waals surface area contributed by atoms with Crippen LogP contribution in [0.3, 0.4) is 0 Å². The van der Waals surface area contributed by atoms with Crippen LogP contribution in [0.4, 0.5) is 0 Å². The molecular formula is C72H58N2. The van der Waals surface area contributed by atoms with Crippen molar-refractivity contribution in [1.82, 2.24) is 9.13 Å². The molecule has 0 saturated heterocycles. The van der Waals surface area contributed by atoms with Gasteiger partial charge in [0.15, 0.2) is 0 Å². The number of hydrogen-bond donors (Lipinski definition) is 0. The standard InChI is InChI=1S/C72H58N2/c1-41-15-25-51-47(35-41)21-33-65-67(51)59-29-17-43-11-7-9-13-53(43)69(59)73(65)49-23-31-57-55-27-19-45(37-61(55)71(3,4)63(57)39-49)46-20-28-56-58-32-24-50(40-64(58)72(5,6)62(56)38-46)74-66-34-22-48-36-42(2)16-26-52(48)68(66)60-30-18-44-12-8-10-14-54(44)70(60)74/h7-15,17-25,27-34,37-42H,16,26,35-36H2,1-6H3. The predicted molar refractivity (Wildman–Crippen MR) is 314 cm³/mol. The zero-order chi connectivity index (χ0) is 49.5. The molecule has 16 rings (SSSR count). The number of hydrogen-bond acceptors (Lipinski definition) is 0.